The first-order chi connectivity index (χ1) is 10.2. The fourth-order valence-electron chi connectivity index (χ4n) is 1.81. The van der Waals surface area contributed by atoms with Gasteiger partial charge in [0, 0.05) is 11.5 Å². The summed E-state index contributed by atoms with van der Waals surface area (Å²) < 4.78 is 5.56. The molecule has 110 valence electrons. The number of ether oxygens (including phenoxy) is 1. The number of phenols is 1. The van der Waals surface area contributed by atoms with Crippen molar-refractivity contribution in [3.05, 3.63) is 59.7 Å². The standard InChI is InChI=1S/C16H17NO3S/c17-16(19)14-10-13(18)6-7-15(14)20-8-9-21-11-12-4-2-1-3-5-12/h1-7,10,18H,8-9,11H2,(H2,17,19). The zero-order valence-corrected chi connectivity index (χ0v) is 12.3. The van der Waals surface area contributed by atoms with E-state index >= 15 is 0 Å². The molecule has 1 amide bonds. The second kappa shape index (κ2) is 7.59. The fraction of sp³-hybridized carbons (Fsp3) is 0.188. The summed E-state index contributed by atoms with van der Waals surface area (Å²) in [7, 11) is 0. The Bertz CT molecular complexity index is 602. The van der Waals surface area contributed by atoms with Gasteiger partial charge in [-0.25, -0.2) is 0 Å². The molecule has 21 heavy (non-hydrogen) atoms. The van der Waals surface area contributed by atoms with Gasteiger partial charge in [0.05, 0.1) is 12.2 Å². The van der Waals surface area contributed by atoms with Crippen molar-refractivity contribution in [2.24, 2.45) is 5.73 Å². The van der Waals surface area contributed by atoms with Crippen LogP contribution in [0.25, 0.3) is 0 Å². The molecule has 0 fully saturated rings. The summed E-state index contributed by atoms with van der Waals surface area (Å²) in [6.45, 7) is 0.475. The average Bonchev–Trinajstić information content (AvgIpc) is 2.49. The number of primary amides is 1. The van der Waals surface area contributed by atoms with Crippen LogP contribution < -0.4 is 10.5 Å². The van der Waals surface area contributed by atoms with Crippen molar-refractivity contribution in [1.29, 1.82) is 0 Å². The molecule has 2 aromatic rings. The van der Waals surface area contributed by atoms with E-state index in [9.17, 15) is 9.90 Å². The van der Waals surface area contributed by atoms with E-state index in [1.54, 1.807) is 17.8 Å². The van der Waals surface area contributed by atoms with Gasteiger partial charge in [0.2, 0.25) is 0 Å². The van der Waals surface area contributed by atoms with Crippen molar-refractivity contribution in [2.45, 2.75) is 5.75 Å². The van der Waals surface area contributed by atoms with Crippen LogP contribution in [0.4, 0.5) is 0 Å². The number of carbonyl (C=O) groups excluding carboxylic acids is 1. The van der Waals surface area contributed by atoms with Crippen LogP contribution in [-0.2, 0) is 5.75 Å². The highest BCUT2D eigenvalue weighted by Crippen LogP contribution is 2.23. The Hall–Kier alpha value is -2.14. The molecule has 0 saturated heterocycles. The first kappa shape index (κ1) is 15.3. The largest absolute Gasteiger partial charge is 0.508 e. The average molecular weight is 303 g/mol. The van der Waals surface area contributed by atoms with Crippen LogP contribution >= 0.6 is 11.8 Å². The molecule has 0 aromatic heterocycles. The molecule has 5 heteroatoms. The van der Waals surface area contributed by atoms with Crippen molar-refractivity contribution < 1.29 is 14.6 Å². The summed E-state index contributed by atoms with van der Waals surface area (Å²) in [4.78, 5) is 11.3. The van der Waals surface area contributed by atoms with Gasteiger partial charge in [-0.2, -0.15) is 11.8 Å². The SMILES string of the molecule is NC(=O)c1cc(O)ccc1OCCSCc1ccccc1. The van der Waals surface area contributed by atoms with Crippen LogP contribution in [0, 0.1) is 0 Å². The van der Waals surface area contributed by atoms with Crippen LogP contribution in [-0.4, -0.2) is 23.4 Å². The Balaban J connectivity index is 1.80. The van der Waals surface area contributed by atoms with Gasteiger partial charge in [-0.05, 0) is 23.8 Å². The minimum atomic E-state index is -0.613. The van der Waals surface area contributed by atoms with Gasteiger partial charge in [0.25, 0.3) is 5.91 Å². The van der Waals surface area contributed by atoms with E-state index in [1.807, 2.05) is 18.2 Å². The lowest BCUT2D eigenvalue weighted by Gasteiger charge is -2.09. The number of benzene rings is 2. The molecule has 0 spiro atoms. The molecule has 0 aliphatic carbocycles. The lowest BCUT2D eigenvalue weighted by atomic mass is 10.2. The zero-order chi connectivity index (χ0) is 15.1. The molecule has 4 nitrogen and oxygen atoms in total. The third kappa shape index (κ3) is 4.72. The number of phenolic OH excluding ortho intramolecular Hbond substituents is 1. The van der Waals surface area contributed by atoms with E-state index in [0.717, 1.165) is 11.5 Å². The van der Waals surface area contributed by atoms with Crippen molar-refractivity contribution in [2.75, 3.05) is 12.4 Å². The van der Waals surface area contributed by atoms with Crippen molar-refractivity contribution in [3.8, 4) is 11.5 Å². The third-order valence-corrected chi connectivity index (χ3v) is 3.82. The molecule has 0 heterocycles. The topological polar surface area (TPSA) is 72.6 Å². The summed E-state index contributed by atoms with van der Waals surface area (Å²) >= 11 is 1.75. The molecule has 2 aromatic carbocycles. The highest BCUT2D eigenvalue weighted by atomic mass is 32.2. The lowest BCUT2D eigenvalue weighted by Crippen LogP contribution is -2.13. The minimum absolute atomic E-state index is 0.00500. The predicted molar refractivity (Wildman–Crippen MR) is 84.7 cm³/mol. The Morgan fingerprint density at radius 2 is 1.95 bits per heavy atom. The Labute approximate surface area is 127 Å². The molecular formula is C16H17NO3S. The van der Waals surface area contributed by atoms with Crippen molar-refractivity contribution in [3.63, 3.8) is 0 Å². The number of rotatable bonds is 7. The van der Waals surface area contributed by atoms with E-state index in [2.05, 4.69) is 12.1 Å². The molecule has 2 rings (SSSR count). The van der Waals surface area contributed by atoms with Gasteiger partial charge >= 0.3 is 0 Å². The zero-order valence-electron chi connectivity index (χ0n) is 11.5. The van der Waals surface area contributed by atoms with Gasteiger partial charge in [0.15, 0.2) is 0 Å². The Morgan fingerprint density at radius 1 is 1.19 bits per heavy atom. The number of hydrogen-bond acceptors (Lipinski definition) is 4. The second-order valence-electron chi connectivity index (χ2n) is 4.43. The van der Waals surface area contributed by atoms with Crippen LogP contribution in [0.5, 0.6) is 11.5 Å². The molecular weight excluding hydrogens is 286 g/mol. The van der Waals surface area contributed by atoms with Gasteiger partial charge < -0.3 is 15.6 Å². The van der Waals surface area contributed by atoms with Gasteiger partial charge in [-0.15, -0.1) is 0 Å². The quantitative estimate of drug-likeness (QED) is 0.771. The normalized spacial score (nSPS) is 10.3. The maximum Gasteiger partial charge on any atom is 0.252 e. The molecule has 3 N–H and O–H groups in total. The number of thioether (sulfide) groups is 1. The summed E-state index contributed by atoms with van der Waals surface area (Å²) in [5, 5.41) is 9.35. The predicted octanol–water partition coefficient (Wildman–Crippen LogP) is 2.80. The molecule has 0 unspecified atom stereocenters. The first-order valence-corrected chi connectivity index (χ1v) is 7.69. The second-order valence-corrected chi connectivity index (χ2v) is 5.54. The van der Waals surface area contributed by atoms with Crippen molar-refractivity contribution in [1.82, 2.24) is 0 Å². The highest BCUT2D eigenvalue weighted by molar-refractivity contribution is 7.98. The molecule has 0 aliphatic heterocycles. The van der Waals surface area contributed by atoms with E-state index in [1.165, 1.54) is 17.7 Å². The minimum Gasteiger partial charge on any atom is -0.508 e. The van der Waals surface area contributed by atoms with E-state index < -0.39 is 5.91 Å². The summed E-state index contributed by atoms with van der Waals surface area (Å²) in [6, 6.07) is 14.5. The maximum atomic E-state index is 11.3. The lowest BCUT2D eigenvalue weighted by molar-refractivity contribution is 0.0996. The molecule has 0 atom stereocenters. The van der Waals surface area contributed by atoms with Crippen LogP contribution in [0.1, 0.15) is 15.9 Å². The number of amides is 1. The van der Waals surface area contributed by atoms with Crippen LogP contribution in [0.3, 0.4) is 0 Å². The van der Waals surface area contributed by atoms with Crippen LogP contribution in [0.15, 0.2) is 48.5 Å². The summed E-state index contributed by atoms with van der Waals surface area (Å²) in [5.41, 5.74) is 6.72. The molecule has 0 aliphatic rings. The third-order valence-electron chi connectivity index (χ3n) is 2.83. The number of nitrogens with two attached hydrogens (primary N) is 1. The number of aromatic hydroxyl groups is 1. The van der Waals surface area contributed by atoms with E-state index in [4.69, 9.17) is 10.5 Å². The van der Waals surface area contributed by atoms with Crippen LogP contribution in [0.2, 0.25) is 0 Å². The Morgan fingerprint density at radius 3 is 2.67 bits per heavy atom. The van der Waals surface area contributed by atoms with Gasteiger partial charge in [-0.1, -0.05) is 30.3 Å². The molecule has 0 radical (unpaired) electrons. The fourth-order valence-corrected chi connectivity index (χ4v) is 2.58. The van der Waals surface area contributed by atoms with Gasteiger partial charge in [-0.3, -0.25) is 4.79 Å². The highest BCUT2D eigenvalue weighted by Gasteiger charge is 2.10. The molecule has 0 saturated carbocycles. The Kier molecular flexibility index (Phi) is 5.51. The molecule has 0 bridgehead atoms. The summed E-state index contributed by atoms with van der Waals surface area (Å²) in [5.74, 6) is 1.50. The van der Waals surface area contributed by atoms with E-state index in [0.29, 0.717) is 12.4 Å². The smallest absolute Gasteiger partial charge is 0.252 e. The number of hydrogen-bond donors (Lipinski definition) is 2. The maximum absolute atomic E-state index is 11.3. The summed E-state index contributed by atoms with van der Waals surface area (Å²) in [6.07, 6.45) is 0. The monoisotopic (exact) mass is 303 g/mol. The van der Waals surface area contributed by atoms with Crippen molar-refractivity contribution >= 4 is 17.7 Å². The first-order valence-electron chi connectivity index (χ1n) is 6.54. The van der Waals surface area contributed by atoms with E-state index in [-0.39, 0.29) is 11.3 Å². The van der Waals surface area contributed by atoms with Gasteiger partial charge in [0.1, 0.15) is 11.5 Å². The number of carbonyl (C=O) groups is 1.